The van der Waals surface area contributed by atoms with Crippen molar-refractivity contribution in [3.05, 3.63) is 41.5 Å². The summed E-state index contributed by atoms with van der Waals surface area (Å²) in [5.74, 6) is 0.546. The molecule has 0 spiro atoms. The van der Waals surface area contributed by atoms with Crippen LogP contribution in [-0.4, -0.2) is 13.2 Å². The van der Waals surface area contributed by atoms with E-state index in [0.717, 1.165) is 31.8 Å². The molecule has 0 radical (unpaired) electrons. The molecule has 0 amide bonds. The largest absolute Gasteiger partial charge is 0.381 e. The summed E-state index contributed by atoms with van der Waals surface area (Å²) in [4.78, 5) is 0. The molecule has 0 unspecified atom stereocenters. The van der Waals surface area contributed by atoms with Gasteiger partial charge < -0.3 is 4.74 Å². The lowest BCUT2D eigenvalue weighted by molar-refractivity contribution is 0.0659. The van der Waals surface area contributed by atoms with Crippen LogP contribution in [0.4, 0.5) is 8.78 Å². The van der Waals surface area contributed by atoms with Crippen molar-refractivity contribution < 1.29 is 13.5 Å². The molecule has 0 aliphatic heterocycles. The van der Waals surface area contributed by atoms with E-state index in [4.69, 9.17) is 4.74 Å². The fraction of sp³-hybridized carbons (Fsp3) is 0.467. The summed E-state index contributed by atoms with van der Waals surface area (Å²) in [5, 5.41) is 0. The normalized spacial score (nSPS) is 23.7. The number of methoxy groups -OCH3 is 1. The summed E-state index contributed by atoms with van der Waals surface area (Å²) in [6.07, 6.45) is 4.04. The van der Waals surface area contributed by atoms with Gasteiger partial charge in [0.15, 0.2) is 0 Å². The van der Waals surface area contributed by atoms with Gasteiger partial charge in [0.1, 0.15) is 0 Å². The average molecular weight is 252 g/mol. The van der Waals surface area contributed by atoms with Crippen molar-refractivity contribution >= 4 is 6.08 Å². The molecule has 1 aromatic carbocycles. The van der Waals surface area contributed by atoms with Gasteiger partial charge in [0, 0.05) is 13.2 Å². The second kappa shape index (κ2) is 6.10. The molecule has 1 saturated carbocycles. The summed E-state index contributed by atoms with van der Waals surface area (Å²) in [6.45, 7) is 0. The van der Waals surface area contributed by atoms with Gasteiger partial charge in [-0.1, -0.05) is 24.3 Å². The Hall–Kier alpha value is -1.22. The smallest absolute Gasteiger partial charge is 0.270 e. The number of ether oxygens (including phenoxy) is 1. The van der Waals surface area contributed by atoms with Crippen LogP contribution in [0.2, 0.25) is 0 Å². The SMILES string of the molecule is CO[C@H]1CC[C@H](c2ccc(C=C(F)F)cc2)CC1. The third kappa shape index (κ3) is 3.39. The van der Waals surface area contributed by atoms with Crippen LogP contribution in [0.3, 0.4) is 0 Å². The predicted molar refractivity (Wildman–Crippen MR) is 68.6 cm³/mol. The molecule has 1 fully saturated rings. The fourth-order valence-corrected chi connectivity index (χ4v) is 2.62. The van der Waals surface area contributed by atoms with Crippen molar-refractivity contribution in [1.82, 2.24) is 0 Å². The molecule has 1 aliphatic carbocycles. The molecule has 0 heterocycles. The van der Waals surface area contributed by atoms with E-state index in [2.05, 4.69) is 0 Å². The highest BCUT2D eigenvalue weighted by Gasteiger charge is 2.21. The zero-order valence-electron chi connectivity index (χ0n) is 10.5. The van der Waals surface area contributed by atoms with Gasteiger partial charge in [-0.2, -0.15) is 8.78 Å². The Kier molecular flexibility index (Phi) is 4.48. The first-order valence-electron chi connectivity index (χ1n) is 6.34. The van der Waals surface area contributed by atoms with Gasteiger partial charge in [0.2, 0.25) is 0 Å². The lowest BCUT2D eigenvalue weighted by Gasteiger charge is -2.27. The first kappa shape index (κ1) is 13.2. The molecule has 0 N–H and O–H groups in total. The summed E-state index contributed by atoms with van der Waals surface area (Å²) < 4.78 is 29.6. The molecule has 98 valence electrons. The Balaban J connectivity index is 2.00. The molecule has 0 atom stereocenters. The van der Waals surface area contributed by atoms with E-state index in [0.29, 0.717) is 17.6 Å². The van der Waals surface area contributed by atoms with Crippen molar-refractivity contribution in [2.75, 3.05) is 7.11 Å². The van der Waals surface area contributed by atoms with Crippen LogP contribution in [0, 0.1) is 0 Å². The quantitative estimate of drug-likeness (QED) is 0.764. The lowest BCUT2D eigenvalue weighted by Crippen LogP contribution is -2.19. The molecule has 2 rings (SSSR count). The van der Waals surface area contributed by atoms with Gasteiger partial charge in [-0.25, -0.2) is 0 Å². The summed E-state index contributed by atoms with van der Waals surface area (Å²) in [5.41, 5.74) is 1.81. The maximum absolute atomic E-state index is 12.1. The zero-order valence-corrected chi connectivity index (χ0v) is 10.5. The van der Waals surface area contributed by atoms with Gasteiger partial charge in [-0.15, -0.1) is 0 Å². The Morgan fingerprint density at radius 3 is 2.22 bits per heavy atom. The maximum Gasteiger partial charge on any atom is 0.270 e. The molecule has 18 heavy (non-hydrogen) atoms. The molecule has 1 aliphatic rings. The minimum absolute atomic E-state index is 0.393. The van der Waals surface area contributed by atoms with E-state index in [9.17, 15) is 8.78 Å². The molecular formula is C15H18F2O. The Morgan fingerprint density at radius 2 is 1.72 bits per heavy atom. The van der Waals surface area contributed by atoms with Crippen LogP contribution in [0.25, 0.3) is 6.08 Å². The Morgan fingerprint density at radius 1 is 1.11 bits per heavy atom. The summed E-state index contributed by atoms with van der Waals surface area (Å²) in [6, 6.07) is 7.45. The van der Waals surface area contributed by atoms with Gasteiger partial charge in [0.05, 0.1) is 6.10 Å². The number of rotatable bonds is 3. The van der Waals surface area contributed by atoms with Crippen LogP contribution < -0.4 is 0 Å². The highest BCUT2D eigenvalue weighted by atomic mass is 19.3. The third-order valence-electron chi connectivity index (χ3n) is 3.69. The number of hydrogen-bond acceptors (Lipinski definition) is 1. The Bertz CT molecular complexity index is 399. The van der Waals surface area contributed by atoms with Gasteiger partial charge in [-0.3, -0.25) is 0 Å². The van der Waals surface area contributed by atoms with Crippen molar-refractivity contribution in [3.63, 3.8) is 0 Å². The molecule has 3 heteroatoms. The number of halogens is 2. The van der Waals surface area contributed by atoms with Gasteiger partial charge in [-0.05, 0) is 42.7 Å². The van der Waals surface area contributed by atoms with Crippen molar-refractivity contribution in [1.29, 1.82) is 0 Å². The van der Waals surface area contributed by atoms with E-state index in [1.165, 1.54) is 5.56 Å². The second-order valence-corrected chi connectivity index (χ2v) is 4.81. The fourth-order valence-electron chi connectivity index (χ4n) is 2.62. The van der Waals surface area contributed by atoms with E-state index in [1.54, 1.807) is 19.2 Å². The first-order valence-corrected chi connectivity index (χ1v) is 6.34. The maximum atomic E-state index is 12.1. The summed E-state index contributed by atoms with van der Waals surface area (Å²) in [7, 11) is 1.76. The molecular weight excluding hydrogens is 234 g/mol. The van der Waals surface area contributed by atoms with E-state index in [-0.39, 0.29) is 0 Å². The monoisotopic (exact) mass is 252 g/mol. The van der Waals surface area contributed by atoms with Crippen LogP contribution >= 0.6 is 0 Å². The number of hydrogen-bond donors (Lipinski definition) is 0. The van der Waals surface area contributed by atoms with Crippen LogP contribution in [0.15, 0.2) is 30.3 Å². The predicted octanol–water partition coefficient (Wildman–Crippen LogP) is 4.60. The zero-order chi connectivity index (χ0) is 13.0. The van der Waals surface area contributed by atoms with E-state index >= 15 is 0 Å². The minimum Gasteiger partial charge on any atom is -0.381 e. The summed E-state index contributed by atoms with van der Waals surface area (Å²) >= 11 is 0. The highest BCUT2D eigenvalue weighted by Crippen LogP contribution is 2.33. The minimum atomic E-state index is -1.65. The lowest BCUT2D eigenvalue weighted by atomic mass is 9.82. The molecule has 0 aromatic heterocycles. The van der Waals surface area contributed by atoms with Gasteiger partial charge >= 0.3 is 0 Å². The van der Waals surface area contributed by atoms with Crippen LogP contribution in [0.5, 0.6) is 0 Å². The molecule has 0 bridgehead atoms. The van der Waals surface area contributed by atoms with E-state index in [1.807, 2.05) is 12.1 Å². The van der Waals surface area contributed by atoms with Crippen molar-refractivity contribution in [2.45, 2.75) is 37.7 Å². The van der Waals surface area contributed by atoms with E-state index < -0.39 is 6.08 Å². The van der Waals surface area contributed by atoms with Gasteiger partial charge in [0.25, 0.3) is 6.08 Å². The average Bonchev–Trinajstić information content (AvgIpc) is 2.39. The second-order valence-electron chi connectivity index (χ2n) is 4.81. The van der Waals surface area contributed by atoms with Crippen molar-refractivity contribution in [3.8, 4) is 0 Å². The van der Waals surface area contributed by atoms with Crippen LogP contribution in [0.1, 0.15) is 42.7 Å². The number of benzene rings is 1. The molecule has 1 nitrogen and oxygen atoms in total. The molecule has 1 aromatic rings. The van der Waals surface area contributed by atoms with Crippen molar-refractivity contribution in [2.24, 2.45) is 0 Å². The Labute approximate surface area is 106 Å². The highest BCUT2D eigenvalue weighted by molar-refractivity contribution is 5.50. The topological polar surface area (TPSA) is 9.23 Å². The van der Waals surface area contributed by atoms with Crippen LogP contribution in [-0.2, 0) is 4.74 Å². The third-order valence-corrected chi connectivity index (χ3v) is 3.69. The molecule has 0 saturated heterocycles. The standard InChI is InChI=1S/C15H18F2O/c1-18-14-8-6-13(7-9-14)12-4-2-11(3-5-12)10-15(16)17/h2-5,10,13-14H,6-9H2,1H3/t13-,14-. The first-order chi connectivity index (χ1) is 8.69.